The molecule has 11 heteroatoms. The highest BCUT2D eigenvalue weighted by molar-refractivity contribution is 7.14. The van der Waals surface area contributed by atoms with Crippen LogP contribution in [0.4, 0.5) is 5.13 Å². The maximum Gasteiger partial charge on any atom is 0.249 e. The average molecular weight is 572 g/mol. The van der Waals surface area contributed by atoms with Gasteiger partial charge in [-0.2, -0.15) is 0 Å². The summed E-state index contributed by atoms with van der Waals surface area (Å²) in [6.07, 6.45) is 3.30. The van der Waals surface area contributed by atoms with Crippen LogP contribution in [0, 0.1) is 5.92 Å². The maximum atomic E-state index is 14.3. The predicted octanol–water partition coefficient (Wildman–Crippen LogP) is 2.72. The lowest BCUT2D eigenvalue weighted by Gasteiger charge is -2.32. The Balaban J connectivity index is 1.37. The number of ether oxygens (including phenoxy) is 1. The number of hydrogen-bond acceptors (Lipinski definition) is 8. The molecule has 39 heavy (non-hydrogen) atoms. The van der Waals surface area contributed by atoms with Crippen LogP contribution in [0.3, 0.4) is 0 Å². The van der Waals surface area contributed by atoms with Gasteiger partial charge >= 0.3 is 0 Å². The van der Waals surface area contributed by atoms with E-state index in [2.05, 4.69) is 16.8 Å². The van der Waals surface area contributed by atoms with Crippen LogP contribution >= 0.6 is 22.9 Å². The van der Waals surface area contributed by atoms with Gasteiger partial charge in [0.25, 0.3) is 0 Å². The summed E-state index contributed by atoms with van der Waals surface area (Å²) in [4.78, 5) is 50.8. The average Bonchev–Trinajstić information content (AvgIpc) is 3.72. The van der Waals surface area contributed by atoms with Gasteiger partial charge in [0, 0.05) is 49.2 Å². The Morgan fingerprint density at radius 3 is 2.64 bits per heavy atom. The number of Topliss-reactive ketones (excluding diaryl/α,β-unsaturated/α-hetero) is 1. The number of likely N-dealkylation sites (N-methyl/N-ethyl adjacent to an activating group) is 1. The van der Waals surface area contributed by atoms with Crippen molar-refractivity contribution in [1.29, 1.82) is 0 Å². The lowest BCUT2D eigenvalue weighted by molar-refractivity contribution is -0.138. The van der Waals surface area contributed by atoms with Crippen molar-refractivity contribution in [2.75, 3.05) is 51.3 Å². The number of rotatable bonds is 6. The molecule has 2 amide bonds. The number of carbonyl (C=O) groups excluding carboxylic acids is 3. The van der Waals surface area contributed by atoms with Crippen molar-refractivity contribution in [2.24, 2.45) is 11.7 Å². The minimum absolute atomic E-state index is 0.0298. The Bertz CT molecular complexity index is 1270. The van der Waals surface area contributed by atoms with E-state index in [0.717, 1.165) is 68.3 Å². The van der Waals surface area contributed by atoms with Gasteiger partial charge in [0.2, 0.25) is 11.8 Å². The first kappa shape index (κ1) is 26.7. The molecule has 4 heterocycles. The van der Waals surface area contributed by atoms with E-state index in [9.17, 15) is 14.4 Å². The number of fused-ring (bicyclic) bond motifs is 1. The standard InChI is InChI=1S/C28H34ClN5O4S/c1-32-8-10-33(11-9-32)28-31-21(15-39-28)17-6-7-18(26(30)36)19(12-17)23(16-4-2-3-5-16)27(37)34-13-20(29)25-24(34)22(35)14-38-25/h6-7,12,15-16,20,23-25H,2-5,8-11,13-14H2,1H3,(H2,30,36)/t20-,23-,24+,25+/m0/s1. The van der Waals surface area contributed by atoms with Gasteiger partial charge in [0.05, 0.1) is 17.0 Å². The number of aromatic nitrogens is 1. The Hall–Kier alpha value is -2.53. The van der Waals surface area contributed by atoms with Gasteiger partial charge in [0.15, 0.2) is 10.9 Å². The maximum absolute atomic E-state index is 14.3. The molecule has 3 saturated heterocycles. The number of benzene rings is 1. The summed E-state index contributed by atoms with van der Waals surface area (Å²) in [6, 6.07) is 4.83. The molecular weight excluding hydrogens is 538 g/mol. The SMILES string of the molecule is CN1CCN(c2nc(-c3ccc(C(N)=O)c([C@@H](C(=O)N4C[C@H](Cl)[C@H]5OCC(=O)[C@H]54)C4CCCC4)c3)cs2)CC1. The number of hydrogen-bond donors (Lipinski definition) is 1. The molecule has 1 aromatic heterocycles. The number of nitrogens with zero attached hydrogens (tertiary/aromatic N) is 4. The van der Waals surface area contributed by atoms with Crippen LogP contribution < -0.4 is 10.6 Å². The van der Waals surface area contributed by atoms with Gasteiger partial charge in [-0.25, -0.2) is 4.98 Å². The molecule has 4 aliphatic rings. The molecule has 0 unspecified atom stereocenters. The second-order valence-electron chi connectivity index (χ2n) is 11.2. The molecule has 0 bridgehead atoms. The molecule has 1 aliphatic carbocycles. The molecule has 2 aromatic rings. The minimum Gasteiger partial charge on any atom is -0.366 e. The zero-order valence-corrected chi connectivity index (χ0v) is 23.6. The van der Waals surface area contributed by atoms with Gasteiger partial charge in [-0.1, -0.05) is 18.9 Å². The normalized spacial score (nSPS) is 26.8. The molecule has 9 nitrogen and oxygen atoms in total. The van der Waals surface area contributed by atoms with Crippen LogP contribution in [0.1, 0.15) is 47.5 Å². The fourth-order valence-corrected chi connectivity index (χ4v) is 7.87. The van der Waals surface area contributed by atoms with E-state index in [0.29, 0.717) is 11.1 Å². The number of thiazole rings is 1. The summed E-state index contributed by atoms with van der Waals surface area (Å²) >= 11 is 8.13. The summed E-state index contributed by atoms with van der Waals surface area (Å²) in [5.41, 5.74) is 8.46. The summed E-state index contributed by atoms with van der Waals surface area (Å²) in [7, 11) is 2.12. The van der Waals surface area contributed by atoms with Crippen LogP contribution in [0.5, 0.6) is 0 Å². The molecule has 2 N–H and O–H groups in total. The van der Waals surface area contributed by atoms with Gasteiger partial charge in [-0.15, -0.1) is 22.9 Å². The summed E-state index contributed by atoms with van der Waals surface area (Å²) in [5, 5.41) is 2.55. The fourth-order valence-electron chi connectivity index (χ4n) is 6.63. The van der Waals surface area contributed by atoms with Crippen molar-refractivity contribution >= 4 is 45.7 Å². The van der Waals surface area contributed by atoms with Gasteiger partial charge in [-0.3, -0.25) is 14.4 Å². The van der Waals surface area contributed by atoms with E-state index < -0.39 is 29.3 Å². The van der Waals surface area contributed by atoms with Crippen LogP contribution in [0.15, 0.2) is 23.6 Å². The Morgan fingerprint density at radius 2 is 1.92 bits per heavy atom. The molecule has 3 aliphatic heterocycles. The second-order valence-corrected chi connectivity index (χ2v) is 12.6. The minimum atomic E-state index is -0.672. The van der Waals surface area contributed by atoms with Crippen molar-refractivity contribution in [3.63, 3.8) is 0 Å². The number of ketones is 1. The van der Waals surface area contributed by atoms with Crippen molar-refractivity contribution in [3.05, 3.63) is 34.7 Å². The first-order valence-electron chi connectivity index (χ1n) is 13.7. The van der Waals surface area contributed by atoms with E-state index in [1.165, 1.54) is 0 Å². The van der Waals surface area contributed by atoms with Gasteiger partial charge < -0.3 is 25.2 Å². The second kappa shape index (κ2) is 10.8. The van der Waals surface area contributed by atoms with Crippen LogP contribution in [0.2, 0.25) is 0 Å². The summed E-state index contributed by atoms with van der Waals surface area (Å²) < 4.78 is 5.63. The Kier molecular flexibility index (Phi) is 7.39. The predicted molar refractivity (Wildman–Crippen MR) is 150 cm³/mol. The summed E-state index contributed by atoms with van der Waals surface area (Å²) in [5.74, 6) is -1.41. The third-order valence-electron chi connectivity index (χ3n) is 8.76. The number of halogens is 1. The highest BCUT2D eigenvalue weighted by atomic mass is 35.5. The summed E-state index contributed by atoms with van der Waals surface area (Å²) in [6.45, 7) is 4.05. The van der Waals surface area contributed by atoms with Crippen molar-refractivity contribution < 1.29 is 19.1 Å². The molecule has 1 saturated carbocycles. The van der Waals surface area contributed by atoms with E-state index in [-0.39, 0.29) is 30.8 Å². The van der Waals surface area contributed by atoms with Crippen molar-refractivity contribution in [3.8, 4) is 11.3 Å². The lowest BCUT2D eigenvalue weighted by atomic mass is 9.80. The van der Waals surface area contributed by atoms with Crippen LogP contribution in [-0.2, 0) is 14.3 Å². The first-order valence-corrected chi connectivity index (χ1v) is 15.1. The number of primary amides is 1. The topological polar surface area (TPSA) is 109 Å². The van der Waals surface area contributed by atoms with E-state index in [4.69, 9.17) is 27.1 Å². The van der Waals surface area contributed by atoms with Crippen LogP contribution in [-0.4, -0.2) is 96.3 Å². The molecule has 6 rings (SSSR count). The molecule has 4 fully saturated rings. The van der Waals surface area contributed by atoms with Crippen molar-refractivity contribution in [2.45, 2.75) is 49.1 Å². The van der Waals surface area contributed by atoms with E-state index in [1.54, 1.807) is 22.3 Å². The fraction of sp³-hybridized carbons (Fsp3) is 0.571. The quantitative estimate of drug-likeness (QED) is 0.531. The highest BCUT2D eigenvalue weighted by Crippen LogP contribution is 2.43. The molecule has 208 valence electrons. The number of nitrogens with two attached hydrogens (primary N) is 1. The highest BCUT2D eigenvalue weighted by Gasteiger charge is 2.53. The molecule has 4 atom stereocenters. The van der Waals surface area contributed by atoms with E-state index in [1.807, 2.05) is 17.5 Å². The third kappa shape index (κ3) is 4.96. The van der Waals surface area contributed by atoms with E-state index >= 15 is 0 Å². The number of amides is 2. The third-order valence-corrected chi connectivity index (χ3v) is 10.0. The number of likely N-dealkylation sites (tertiary alicyclic amines) is 1. The zero-order chi connectivity index (χ0) is 27.3. The lowest BCUT2D eigenvalue weighted by Crippen LogP contribution is -2.45. The number of alkyl halides is 1. The van der Waals surface area contributed by atoms with Gasteiger partial charge in [-0.05, 0) is 43.5 Å². The zero-order valence-electron chi connectivity index (χ0n) is 22.1. The molecule has 0 spiro atoms. The molecule has 0 radical (unpaired) electrons. The van der Waals surface area contributed by atoms with Crippen molar-refractivity contribution in [1.82, 2.24) is 14.8 Å². The van der Waals surface area contributed by atoms with Gasteiger partial charge in [0.1, 0.15) is 18.8 Å². The number of anilines is 1. The largest absolute Gasteiger partial charge is 0.366 e. The smallest absolute Gasteiger partial charge is 0.249 e. The molecule has 1 aromatic carbocycles. The molecular formula is C28H34ClN5O4S. The first-order chi connectivity index (χ1) is 18.8. The Morgan fingerprint density at radius 1 is 1.18 bits per heavy atom. The van der Waals surface area contributed by atoms with Crippen LogP contribution in [0.25, 0.3) is 11.3 Å². The Labute approximate surface area is 237 Å². The number of piperazine rings is 1. The number of carbonyl (C=O) groups is 3. The monoisotopic (exact) mass is 571 g/mol.